The van der Waals surface area contributed by atoms with Gasteiger partial charge in [-0.05, 0) is 24.3 Å². The highest BCUT2D eigenvalue weighted by molar-refractivity contribution is 7.87. The summed E-state index contributed by atoms with van der Waals surface area (Å²) in [6.45, 7) is 1.35. The number of anilines is 2. The Bertz CT molecular complexity index is 758. The van der Waals surface area contributed by atoms with E-state index in [1.165, 1.54) is 37.3 Å². The average Bonchev–Trinajstić information content (AvgIpc) is 2.42. The van der Waals surface area contributed by atoms with Gasteiger partial charge in [0.15, 0.2) is 0 Å². The number of hydrogen-bond acceptors (Lipinski definition) is 5. The van der Waals surface area contributed by atoms with Crippen LogP contribution in [0, 0.1) is 0 Å². The molecule has 21 heavy (non-hydrogen) atoms. The van der Waals surface area contributed by atoms with E-state index >= 15 is 0 Å². The number of hydrogen-bond donors (Lipinski definition) is 2. The summed E-state index contributed by atoms with van der Waals surface area (Å²) < 4.78 is 29.1. The zero-order valence-corrected chi connectivity index (χ0v) is 12.1. The van der Waals surface area contributed by atoms with Crippen LogP contribution in [0.4, 0.5) is 11.4 Å². The van der Waals surface area contributed by atoms with Crippen LogP contribution in [0.15, 0.2) is 53.4 Å². The van der Waals surface area contributed by atoms with Gasteiger partial charge in [0.2, 0.25) is 5.91 Å². The summed E-state index contributed by atoms with van der Waals surface area (Å²) in [6.07, 6.45) is 0. The van der Waals surface area contributed by atoms with Crippen molar-refractivity contribution in [3.63, 3.8) is 0 Å². The van der Waals surface area contributed by atoms with Crippen molar-refractivity contribution in [2.75, 3.05) is 11.1 Å². The zero-order valence-electron chi connectivity index (χ0n) is 11.2. The second-order valence-electron chi connectivity index (χ2n) is 4.28. The van der Waals surface area contributed by atoms with E-state index in [9.17, 15) is 13.2 Å². The summed E-state index contributed by atoms with van der Waals surface area (Å²) in [4.78, 5) is 11.0. The fourth-order valence-electron chi connectivity index (χ4n) is 1.66. The first-order valence-electron chi connectivity index (χ1n) is 6.05. The van der Waals surface area contributed by atoms with Gasteiger partial charge in [0, 0.05) is 13.0 Å². The molecule has 1 amide bonds. The van der Waals surface area contributed by atoms with E-state index in [4.69, 9.17) is 9.92 Å². The molecule has 0 radical (unpaired) electrons. The third-order valence-corrected chi connectivity index (χ3v) is 3.83. The summed E-state index contributed by atoms with van der Waals surface area (Å²) in [5.41, 5.74) is 6.35. The van der Waals surface area contributed by atoms with Gasteiger partial charge < -0.3 is 15.2 Å². The summed E-state index contributed by atoms with van der Waals surface area (Å²) in [7, 11) is -3.91. The minimum absolute atomic E-state index is 0.0505. The highest BCUT2D eigenvalue weighted by Crippen LogP contribution is 2.26. The monoisotopic (exact) mass is 306 g/mol. The first-order valence-corrected chi connectivity index (χ1v) is 7.46. The Hall–Kier alpha value is -2.54. The molecule has 0 aromatic heterocycles. The summed E-state index contributed by atoms with van der Waals surface area (Å²) in [5, 5.41) is 2.53. The van der Waals surface area contributed by atoms with E-state index in [0.29, 0.717) is 5.69 Å². The molecule has 0 saturated carbocycles. The van der Waals surface area contributed by atoms with Crippen LogP contribution in [-0.4, -0.2) is 14.3 Å². The number of amides is 1. The molecule has 0 heterocycles. The quantitative estimate of drug-likeness (QED) is 0.665. The largest absolute Gasteiger partial charge is 0.397 e. The van der Waals surface area contributed by atoms with Crippen molar-refractivity contribution >= 4 is 27.4 Å². The van der Waals surface area contributed by atoms with Crippen LogP contribution < -0.4 is 15.2 Å². The molecule has 0 aliphatic carbocycles. The van der Waals surface area contributed by atoms with Crippen LogP contribution in [0.3, 0.4) is 0 Å². The number of rotatable bonds is 4. The first-order chi connectivity index (χ1) is 9.88. The number of nitrogens with two attached hydrogens (primary N) is 1. The standard InChI is InChI=1S/C14H14N2O4S/c1-10(17)16-14-8-7-11(9-13(14)15)20-21(18,19)12-5-3-2-4-6-12/h2-9H,15H2,1H3,(H,16,17). The van der Waals surface area contributed by atoms with E-state index < -0.39 is 10.1 Å². The maximum absolute atomic E-state index is 12.0. The van der Waals surface area contributed by atoms with Gasteiger partial charge in [-0.2, -0.15) is 8.42 Å². The Morgan fingerprint density at radius 2 is 1.81 bits per heavy atom. The lowest BCUT2D eigenvalue weighted by molar-refractivity contribution is -0.114. The molecule has 7 heteroatoms. The molecular weight excluding hydrogens is 292 g/mol. The molecule has 0 spiro atoms. The molecule has 0 fully saturated rings. The number of nitrogen functional groups attached to an aromatic ring is 1. The topological polar surface area (TPSA) is 98.5 Å². The molecule has 0 bridgehead atoms. The van der Waals surface area contributed by atoms with Gasteiger partial charge in [-0.15, -0.1) is 0 Å². The summed E-state index contributed by atoms with van der Waals surface area (Å²) >= 11 is 0. The lowest BCUT2D eigenvalue weighted by atomic mass is 10.2. The van der Waals surface area contributed by atoms with E-state index in [0.717, 1.165) is 0 Å². The predicted molar refractivity (Wildman–Crippen MR) is 79.4 cm³/mol. The molecule has 0 saturated heterocycles. The molecule has 2 aromatic carbocycles. The van der Waals surface area contributed by atoms with Crippen molar-refractivity contribution in [1.29, 1.82) is 0 Å². The van der Waals surface area contributed by atoms with Gasteiger partial charge in [0.25, 0.3) is 0 Å². The van der Waals surface area contributed by atoms with Crippen molar-refractivity contribution in [2.24, 2.45) is 0 Å². The Morgan fingerprint density at radius 1 is 1.14 bits per heavy atom. The van der Waals surface area contributed by atoms with Crippen molar-refractivity contribution in [2.45, 2.75) is 11.8 Å². The number of carbonyl (C=O) groups is 1. The maximum atomic E-state index is 12.0. The van der Waals surface area contributed by atoms with E-state index in [1.807, 2.05) is 0 Å². The van der Waals surface area contributed by atoms with Crippen molar-refractivity contribution in [3.8, 4) is 5.75 Å². The van der Waals surface area contributed by atoms with Crippen LogP contribution in [0.1, 0.15) is 6.92 Å². The van der Waals surface area contributed by atoms with Gasteiger partial charge in [-0.1, -0.05) is 18.2 Å². The van der Waals surface area contributed by atoms with Crippen molar-refractivity contribution in [1.82, 2.24) is 0 Å². The van der Waals surface area contributed by atoms with Crippen LogP contribution in [0.25, 0.3) is 0 Å². The van der Waals surface area contributed by atoms with Crippen LogP contribution >= 0.6 is 0 Å². The second-order valence-corrected chi connectivity index (χ2v) is 5.83. The molecule has 0 atom stereocenters. The lowest BCUT2D eigenvalue weighted by Gasteiger charge is -2.10. The molecule has 0 aliphatic heterocycles. The lowest BCUT2D eigenvalue weighted by Crippen LogP contribution is -2.11. The van der Waals surface area contributed by atoms with Crippen molar-refractivity contribution in [3.05, 3.63) is 48.5 Å². The third-order valence-electron chi connectivity index (χ3n) is 2.57. The third kappa shape index (κ3) is 3.73. The molecule has 110 valence electrons. The fourth-order valence-corrected chi connectivity index (χ4v) is 2.60. The highest BCUT2D eigenvalue weighted by Gasteiger charge is 2.16. The van der Waals surface area contributed by atoms with Gasteiger partial charge in [0.05, 0.1) is 11.4 Å². The minimum Gasteiger partial charge on any atom is -0.397 e. The van der Waals surface area contributed by atoms with E-state index in [2.05, 4.69) is 5.32 Å². The van der Waals surface area contributed by atoms with Gasteiger partial charge in [0.1, 0.15) is 10.6 Å². The Balaban J connectivity index is 2.24. The fraction of sp³-hybridized carbons (Fsp3) is 0.0714. The maximum Gasteiger partial charge on any atom is 0.339 e. The SMILES string of the molecule is CC(=O)Nc1ccc(OS(=O)(=O)c2ccccc2)cc1N. The average molecular weight is 306 g/mol. The minimum atomic E-state index is -3.91. The van der Waals surface area contributed by atoms with E-state index in [1.54, 1.807) is 18.2 Å². The van der Waals surface area contributed by atoms with Crippen molar-refractivity contribution < 1.29 is 17.4 Å². The molecule has 0 unspecified atom stereocenters. The second kappa shape index (κ2) is 5.84. The molecular formula is C14H14N2O4S. The van der Waals surface area contributed by atoms with Crippen LogP contribution in [0.5, 0.6) is 5.75 Å². The Morgan fingerprint density at radius 3 is 2.38 bits per heavy atom. The molecule has 3 N–H and O–H groups in total. The highest BCUT2D eigenvalue weighted by atomic mass is 32.2. The number of benzene rings is 2. The summed E-state index contributed by atoms with van der Waals surface area (Å²) in [6, 6.07) is 12.0. The van der Waals surface area contributed by atoms with Gasteiger partial charge in [-0.25, -0.2) is 0 Å². The Labute approximate surface area is 122 Å². The van der Waals surface area contributed by atoms with Crippen LogP contribution in [0.2, 0.25) is 0 Å². The van der Waals surface area contributed by atoms with Gasteiger partial charge >= 0.3 is 10.1 Å². The van der Waals surface area contributed by atoms with Crippen LogP contribution in [-0.2, 0) is 14.9 Å². The predicted octanol–water partition coefficient (Wildman–Crippen LogP) is 1.99. The molecule has 2 rings (SSSR count). The Kier molecular flexibility index (Phi) is 4.13. The first kappa shape index (κ1) is 14.9. The van der Waals surface area contributed by atoms with Gasteiger partial charge in [-0.3, -0.25) is 4.79 Å². The molecule has 0 aliphatic rings. The van der Waals surface area contributed by atoms with E-state index in [-0.39, 0.29) is 22.2 Å². The zero-order chi connectivity index (χ0) is 15.5. The number of nitrogens with one attached hydrogen (secondary N) is 1. The normalized spacial score (nSPS) is 10.9. The number of carbonyl (C=O) groups excluding carboxylic acids is 1. The summed E-state index contributed by atoms with van der Waals surface area (Å²) in [5.74, 6) is -0.197. The molecule has 2 aromatic rings. The smallest absolute Gasteiger partial charge is 0.339 e. The molecule has 6 nitrogen and oxygen atoms in total.